The molecule has 22 heavy (non-hydrogen) atoms. The van der Waals surface area contributed by atoms with Gasteiger partial charge in [0.25, 0.3) is 0 Å². The maximum atomic E-state index is 6.17. The van der Waals surface area contributed by atoms with Gasteiger partial charge in [-0.05, 0) is 40.4 Å². The van der Waals surface area contributed by atoms with Gasteiger partial charge in [-0.3, -0.25) is 0 Å². The maximum absolute atomic E-state index is 6.17. The monoisotopic (exact) mass is 306 g/mol. The molecule has 1 heterocycles. The molecular weight excluding hydrogens is 276 g/mol. The minimum atomic E-state index is -0.161. The molecule has 0 bridgehead atoms. The standard InChI is InChI=1S/C18H30N2O2/c1-6-11-21-14-7-8-15-16(19-9-10-20(4)5)13-18(2,3)22-17(15)12-14/h7-8,12,16,19H,6,9-11,13H2,1-5H3. The van der Waals surface area contributed by atoms with E-state index < -0.39 is 0 Å². The summed E-state index contributed by atoms with van der Waals surface area (Å²) < 4.78 is 11.9. The molecular formula is C18H30N2O2. The van der Waals surface area contributed by atoms with E-state index in [9.17, 15) is 0 Å². The van der Waals surface area contributed by atoms with Crippen molar-refractivity contribution in [2.75, 3.05) is 33.8 Å². The number of hydrogen-bond acceptors (Lipinski definition) is 4. The van der Waals surface area contributed by atoms with Crippen LogP contribution in [0.4, 0.5) is 0 Å². The first-order valence-electron chi connectivity index (χ1n) is 8.25. The predicted octanol–water partition coefficient (Wildman–Crippen LogP) is 3.23. The summed E-state index contributed by atoms with van der Waals surface area (Å²) in [6.45, 7) is 9.16. The van der Waals surface area contributed by atoms with Crippen molar-refractivity contribution in [1.82, 2.24) is 10.2 Å². The minimum absolute atomic E-state index is 0.161. The molecule has 0 saturated heterocycles. The number of ether oxygens (including phenoxy) is 2. The summed E-state index contributed by atoms with van der Waals surface area (Å²) in [7, 11) is 4.20. The van der Waals surface area contributed by atoms with E-state index in [0.717, 1.165) is 44.0 Å². The number of hydrogen-bond donors (Lipinski definition) is 1. The van der Waals surface area contributed by atoms with Crippen LogP contribution in [0.2, 0.25) is 0 Å². The predicted molar refractivity (Wildman–Crippen MR) is 90.8 cm³/mol. The van der Waals surface area contributed by atoms with Gasteiger partial charge in [-0.2, -0.15) is 0 Å². The summed E-state index contributed by atoms with van der Waals surface area (Å²) in [5.41, 5.74) is 1.08. The molecule has 4 heteroatoms. The second kappa shape index (κ2) is 7.34. The van der Waals surface area contributed by atoms with Crippen LogP contribution in [-0.2, 0) is 0 Å². The van der Waals surface area contributed by atoms with E-state index in [1.54, 1.807) is 0 Å². The van der Waals surface area contributed by atoms with Crippen molar-refractivity contribution in [3.63, 3.8) is 0 Å². The lowest BCUT2D eigenvalue weighted by Crippen LogP contribution is -2.41. The molecule has 1 aliphatic rings. The molecule has 0 fully saturated rings. The fourth-order valence-corrected chi connectivity index (χ4v) is 2.79. The van der Waals surface area contributed by atoms with Gasteiger partial charge >= 0.3 is 0 Å². The molecule has 0 spiro atoms. The number of fused-ring (bicyclic) bond motifs is 1. The lowest BCUT2D eigenvalue weighted by Gasteiger charge is -2.38. The average molecular weight is 306 g/mol. The van der Waals surface area contributed by atoms with Gasteiger partial charge in [-0.25, -0.2) is 0 Å². The van der Waals surface area contributed by atoms with Crippen LogP contribution < -0.4 is 14.8 Å². The van der Waals surface area contributed by atoms with Crippen LogP contribution in [0.5, 0.6) is 11.5 Å². The van der Waals surface area contributed by atoms with Crippen molar-refractivity contribution in [2.24, 2.45) is 0 Å². The van der Waals surface area contributed by atoms with Gasteiger partial charge in [0.2, 0.25) is 0 Å². The zero-order valence-corrected chi connectivity index (χ0v) is 14.6. The van der Waals surface area contributed by atoms with E-state index in [1.807, 2.05) is 6.07 Å². The molecule has 4 nitrogen and oxygen atoms in total. The summed E-state index contributed by atoms with van der Waals surface area (Å²) in [5, 5.41) is 3.66. The van der Waals surface area contributed by atoms with Crippen LogP contribution in [0.1, 0.15) is 45.2 Å². The fraction of sp³-hybridized carbons (Fsp3) is 0.667. The zero-order valence-electron chi connectivity index (χ0n) is 14.6. The Hall–Kier alpha value is -1.26. The third kappa shape index (κ3) is 4.62. The number of likely N-dealkylation sites (N-methyl/N-ethyl adjacent to an activating group) is 1. The van der Waals surface area contributed by atoms with Crippen LogP contribution in [0.3, 0.4) is 0 Å². The Balaban J connectivity index is 2.13. The number of nitrogens with zero attached hydrogens (tertiary/aromatic N) is 1. The molecule has 0 saturated carbocycles. The second-order valence-electron chi connectivity index (χ2n) is 6.92. The molecule has 1 atom stereocenters. The first-order valence-corrected chi connectivity index (χ1v) is 8.25. The smallest absolute Gasteiger partial charge is 0.128 e. The van der Waals surface area contributed by atoms with E-state index in [-0.39, 0.29) is 5.60 Å². The molecule has 2 rings (SSSR count). The van der Waals surface area contributed by atoms with Crippen LogP contribution in [-0.4, -0.2) is 44.3 Å². The van der Waals surface area contributed by atoms with Gasteiger partial charge < -0.3 is 19.7 Å². The van der Waals surface area contributed by atoms with Crippen molar-refractivity contribution in [3.05, 3.63) is 23.8 Å². The Kier molecular flexibility index (Phi) is 5.70. The van der Waals surface area contributed by atoms with Crippen molar-refractivity contribution in [1.29, 1.82) is 0 Å². The summed E-state index contributed by atoms with van der Waals surface area (Å²) in [6.07, 6.45) is 1.99. The van der Waals surface area contributed by atoms with E-state index in [2.05, 4.69) is 57.2 Å². The highest BCUT2D eigenvalue weighted by Gasteiger charge is 2.33. The second-order valence-corrected chi connectivity index (χ2v) is 6.92. The van der Waals surface area contributed by atoms with Gasteiger partial charge in [0, 0.05) is 37.2 Å². The van der Waals surface area contributed by atoms with E-state index in [0.29, 0.717) is 6.04 Å². The van der Waals surface area contributed by atoms with Crippen LogP contribution in [0.25, 0.3) is 0 Å². The number of nitrogens with one attached hydrogen (secondary N) is 1. The fourth-order valence-electron chi connectivity index (χ4n) is 2.79. The van der Waals surface area contributed by atoms with Gasteiger partial charge in [0.05, 0.1) is 6.61 Å². The van der Waals surface area contributed by atoms with E-state index in [4.69, 9.17) is 9.47 Å². The molecule has 1 aromatic rings. The molecule has 1 aromatic carbocycles. The molecule has 1 unspecified atom stereocenters. The Morgan fingerprint density at radius 3 is 2.82 bits per heavy atom. The largest absolute Gasteiger partial charge is 0.493 e. The molecule has 0 amide bonds. The topological polar surface area (TPSA) is 33.7 Å². The summed E-state index contributed by atoms with van der Waals surface area (Å²) in [5.74, 6) is 1.84. The average Bonchev–Trinajstić information content (AvgIpc) is 2.43. The first kappa shape index (κ1) is 17.1. The van der Waals surface area contributed by atoms with E-state index >= 15 is 0 Å². The van der Waals surface area contributed by atoms with Gasteiger partial charge in [-0.15, -0.1) is 0 Å². The Morgan fingerprint density at radius 1 is 1.36 bits per heavy atom. The molecule has 124 valence electrons. The van der Waals surface area contributed by atoms with Crippen LogP contribution >= 0.6 is 0 Å². The third-order valence-corrected chi connectivity index (χ3v) is 3.87. The highest BCUT2D eigenvalue weighted by Crippen LogP contribution is 2.41. The molecule has 1 N–H and O–H groups in total. The summed E-state index contributed by atoms with van der Waals surface area (Å²) in [4.78, 5) is 2.19. The normalized spacial score (nSPS) is 19.6. The zero-order chi connectivity index (χ0) is 16.2. The Bertz CT molecular complexity index is 486. The van der Waals surface area contributed by atoms with Crippen molar-refractivity contribution < 1.29 is 9.47 Å². The minimum Gasteiger partial charge on any atom is -0.493 e. The Morgan fingerprint density at radius 2 is 2.14 bits per heavy atom. The highest BCUT2D eigenvalue weighted by atomic mass is 16.5. The SMILES string of the molecule is CCCOc1ccc2c(c1)OC(C)(C)CC2NCCN(C)C. The van der Waals surface area contributed by atoms with Crippen LogP contribution in [0, 0.1) is 0 Å². The lowest BCUT2D eigenvalue weighted by molar-refractivity contribution is 0.0654. The maximum Gasteiger partial charge on any atom is 0.128 e. The lowest BCUT2D eigenvalue weighted by atomic mass is 9.89. The van der Waals surface area contributed by atoms with Crippen molar-refractivity contribution >= 4 is 0 Å². The van der Waals surface area contributed by atoms with Crippen molar-refractivity contribution in [3.8, 4) is 11.5 Å². The Labute approximate surface area is 134 Å². The highest BCUT2D eigenvalue weighted by molar-refractivity contribution is 5.44. The third-order valence-electron chi connectivity index (χ3n) is 3.87. The molecule has 0 aliphatic carbocycles. The van der Waals surface area contributed by atoms with Gasteiger partial charge in [0.15, 0.2) is 0 Å². The van der Waals surface area contributed by atoms with Crippen LogP contribution in [0.15, 0.2) is 18.2 Å². The van der Waals surface area contributed by atoms with E-state index in [1.165, 1.54) is 5.56 Å². The first-order chi connectivity index (χ1) is 10.4. The van der Waals surface area contributed by atoms with Crippen molar-refractivity contribution in [2.45, 2.75) is 45.3 Å². The number of benzene rings is 1. The van der Waals surface area contributed by atoms with Gasteiger partial charge in [-0.1, -0.05) is 13.0 Å². The van der Waals surface area contributed by atoms with Gasteiger partial charge in [0.1, 0.15) is 17.1 Å². The summed E-state index contributed by atoms with van der Waals surface area (Å²) >= 11 is 0. The summed E-state index contributed by atoms with van der Waals surface area (Å²) in [6, 6.07) is 6.56. The number of rotatable bonds is 7. The quantitative estimate of drug-likeness (QED) is 0.838. The molecule has 0 aromatic heterocycles. The molecule has 0 radical (unpaired) electrons. The molecule has 1 aliphatic heterocycles.